The molecule has 0 radical (unpaired) electrons. The minimum atomic E-state index is -4.84. The fourth-order valence-electron chi connectivity index (χ4n) is 6.00. The number of nitrogens with one attached hydrogen (secondary N) is 1. The van der Waals surface area contributed by atoms with E-state index < -0.39 is 27.4 Å². The molecule has 0 heterocycles. The van der Waals surface area contributed by atoms with Crippen LogP contribution in [0.2, 0.25) is 10.0 Å². The van der Waals surface area contributed by atoms with Gasteiger partial charge in [0.1, 0.15) is 5.54 Å². The van der Waals surface area contributed by atoms with Gasteiger partial charge < -0.3 is 10.4 Å². The Balaban J connectivity index is 1.63. The molecule has 2 unspecified atom stereocenters. The molecular formula is C20H26Cl2N2O5S. The number of anilines is 1. The average molecular weight is 477 g/mol. The zero-order valence-electron chi connectivity index (χ0n) is 16.8. The molecule has 4 fully saturated rings. The van der Waals surface area contributed by atoms with E-state index >= 15 is 0 Å². The summed E-state index contributed by atoms with van der Waals surface area (Å²) in [4.78, 5) is 13.3. The van der Waals surface area contributed by atoms with Gasteiger partial charge in [-0.1, -0.05) is 29.3 Å². The smallest absolute Gasteiger partial charge is 0.360 e. The molecule has 4 aliphatic rings. The molecule has 4 bridgehead atoms. The lowest BCUT2D eigenvalue weighted by molar-refractivity contribution is -0.148. The molecule has 1 amide bonds. The number of carbonyl (C=O) groups is 1. The standard InChI is InChI=1S/C20H26Cl2N2O5S/c1-19(2,24(30(27,28)29)15-5-3-4-14(21)16(15)22)18(25)23-17-12-6-11-7-13(17)10-20(26,8-11)9-12/h3-5,11-13,17,26H,6-10H2,1-2H3,(H,23,25)(H,27,28,29). The quantitative estimate of drug-likeness (QED) is 0.564. The lowest BCUT2D eigenvalue weighted by Gasteiger charge is -2.58. The van der Waals surface area contributed by atoms with E-state index in [1.807, 2.05) is 0 Å². The van der Waals surface area contributed by atoms with Crippen LogP contribution < -0.4 is 9.62 Å². The minimum Gasteiger partial charge on any atom is -0.390 e. The molecule has 2 atom stereocenters. The first-order chi connectivity index (χ1) is 13.8. The number of hydrogen-bond donors (Lipinski definition) is 3. The predicted molar refractivity (Wildman–Crippen MR) is 115 cm³/mol. The molecule has 30 heavy (non-hydrogen) atoms. The molecule has 3 N–H and O–H groups in total. The molecule has 10 heteroatoms. The average Bonchev–Trinajstić information content (AvgIpc) is 2.59. The van der Waals surface area contributed by atoms with Crippen molar-refractivity contribution >= 4 is 45.1 Å². The highest BCUT2D eigenvalue weighted by Gasteiger charge is 2.56. The van der Waals surface area contributed by atoms with Gasteiger partial charge in [-0.2, -0.15) is 8.42 Å². The topological polar surface area (TPSA) is 107 Å². The van der Waals surface area contributed by atoms with Crippen LogP contribution in [-0.2, 0) is 15.1 Å². The third-order valence-corrected chi connectivity index (χ3v) is 8.91. The molecule has 7 nitrogen and oxygen atoms in total. The van der Waals surface area contributed by atoms with Crippen LogP contribution in [0.1, 0.15) is 46.0 Å². The van der Waals surface area contributed by atoms with Crippen molar-refractivity contribution in [1.82, 2.24) is 5.32 Å². The van der Waals surface area contributed by atoms with E-state index in [2.05, 4.69) is 5.32 Å². The number of aliphatic hydroxyl groups is 1. The summed E-state index contributed by atoms with van der Waals surface area (Å²) in [7, 11) is -4.84. The van der Waals surface area contributed by atoms with Gasteiger partial charge in [-0.15, -0.1) is 0 Å². The van der Waals surface area contributed by atoms with Crippen LogP contribution in [-0.4, -0.2) is 41.2 Å². The molecule has 0 saturated heterocycles. The van der Waals surface area contributed by atoms with Gasteiger partial charge in [0, 0.05) is 6.04 Å². The van der Waals surface area contributed by atoms with E-state index in [4.69, 9.17) is 23.2 Å². The van der Waals surface area contributed by atoms with E-state index in [0.29, 0.717) is 23.1 Å². The number of benzene rings is 1. The second-order valence-corrected chi connectivity index (χ2v) is 11.6. The second-order valence-electron chi connectivity index (χ2n) is 9.57. The number of halogens is 2. The van der Waals surface area contributed by atoms with Gasteiger partial charge in [0.2, 0.25) is 5.91 Å². The molecule has 0 aliphatic heterocycles. The Kier molecular flexibility index (Phi) is 5.34. The van der Waals surface area contributed by atoms with Gasteiger partial charge in [0.25, 0.3) is 0 Å². The lowest BCUT2D eigenvalue weighted by Crippen LogP contribution is -2.65. The Morgan fingerprint density at radius 3 is 2.33 bits per heavy atom. The number of amides is 1. The summed E-state index contributed by atoms with van der Waals surface area (Å²) in [5, 5.41) is 13.8. The van der Waals surface area contributed by atoms with Gasteiger partial charge in [-0.25, -0.2) is 4.31 Å². The highest BCUT2D eigenvalue weighted by molar-refractivity contribution is 7.87. The summed E-state index contributed by atoms with van der Waals surface area (Å²) in [6, 6.07) is 4.23. The van der Waals surface area contributed by atoms with Gasteiger partial charge in [-0.3, -0.25) is 9.35 Å². The molecule has 4 aliphatic carbocycles. The first-order valence-corrected chi connectivity index (χ1v) is 12.2. The molecule has 5 rings (SSSR count). The van der Waals surface area contributed by atoms with Crippen molar-refractivity contribution in [2.45, 2.75) is 63.1 Å². The highest BCUT2D eigenvalue weighted by Crippen LogP contribution is 2.55. The van der Waals surface area contributed by atoms with Crippen LogP contribution >= 0.6 is 23.2 Å². The summed E-state index contributed by atoms with van der Waals surface area (Å²) in [6.07, 6.45) is 4.02. The molecule has 1 aromatic carbocycles. The van der Waals surface area contributed by atoms with E-state index in [-0.39, 0.29) is 33.6 Å². The SMILES string of the molecule is CC(C)(C(=O)NC1C2CC3CC1CC(O)(C3)C2)N(c1cccc(Cl)c1Cl)S(=O)(=O)O. The van der Waals surface area contributed by atoms with Crippen molar-refractivity contribution in [3.05, 3.63) is 28.2 Å². The van der Waals surface area contributed by atoms with Crippen LogP contribution in [0.5, 0.6) is 0 Å². The third kappa shape index (κ3) is 3.71. The summed E-state index contributed by atoms with van der Waals surface area (Å²) in [5.41, 5.74) is -2.39. The highest BCUT2D eigenvalue weighted by atomic mass is 35.5. The fraction of sp³-hybridized carbons (Fsp3) is 0.650. The minimum absolute atomic E-state index is 0.0745. The lowest BCUT2D eigenvalue weighted by atomic mass is 9.52. The van der Waals surface area contributed by atoms with Gasteiger partial charge in [0.05, 0.1) is 21.3 Å². The van der Waals surface area contributed by atoms with Crippen molar-refractivity contribution < 1.29 is 22.9 Å². The van der Waals surface area contributed by atoms with Crippen molar-refractivity contribution in [1.29, 1.82) is 0 Å². The Morgan fingerprint density at radius 1 is 1.20 bits per heavy atom. The largest absolute Gasteiger partial charge is 0.390 e. The number of rotatable bonds is 5. The van der Waals surface area contributed by atoms with Gasteiger partial charge in [0.15, 0.2) is 0 Å². The van der Waals surface area contributed by atoms with Crippen LogP contribution in [0.25, 0.3) is 0 Å². The number of carbonyl (C=O) groups excluding carboxylic acids is 1. The maximum atomic E-state index is 13.3. The predicted octanol–water partition coefficient (Wildman–Crippen LogP) is 3.44. The molecule has 4 saturated carbocycles. The number of hydrogen-bond acceptors (Lipinski definition) is 4. The Labute approximate surface area is 186 Å². The first-order valence-electron chi connectivity index (χ1n) is 10.1. The molecule has 166 valence electrons. The summed E-state index contributed by atoms with van der Waals surface area (Å²) in [6.45, 7) is 2.83. The van der Waals surface area contributed by atoms with Crippen LogP contribution in [0.15, 0.2) is 18.2 Å². The Morgan fingerprint density at radius 2 is 1.80 bits per heavy atom. The summed E-state index contributed by atoms with van der Waals surface area (Å²) >= 11 is 12.2. The zero-order valence-corrected chi connectivity index (χ0v) is 19.1. The first kappa shape index (κ1) is 22.1. The Bertz CT molecular complexity index is 967. The Hall–Kier alpha value is -1.06. The fourth-order valence-corrected chi connectivity index (χ4v) is 7.49. The second kappa shape index (κ2) is 7.24. The number of nitrogens with zero attached hydrogens (tertiary/aromatic N) is 1. The van der Waals surface area contributed by atoms with E-state index in [0.717, 1.165) is 19.3 Å². The van der Waals surface area contributed by atoms with E-state index in [1.165, 1.54) is 32.0 Å². The van der Waals surface area contributed by atoms with Crippen molar-refractivity contribution in [2.24, 2.45) is 17.8 Å². The molecule has 0 aromatic heterocycles. The van der Waals surface area contributed by atoms with Crippen molar-refractivity contribution in [2.75, 3.05) is 4.31 Å². The molecule has 0 spiro atoms. The maximum absolute atomic E-state index is 13.3. The van der Waals surface area contributed by atoms with Crippen molar-refractivity contribution in [3.8, 4) is 0 Å². The zero-order chi connectivity index (χ0) is 22.1. The normalized spacial score (nSPS) is 32.9. The van der Waals surface area contributed by atoms with Crippen LogP contribution in [0.3, 0.4) is 0 Å². The third-order valence-electron chi connectivity index (χ3n) is 6.98. The van der Waals surface area contributed by atoms with Gasteiger partial charge in [-0.05, 0) is 75.8 Å². The maximum Gasteiger partial charge on any atom is 0.360 e. The van der Waals surface area contributed by atoms with E-state index in [1.54, 1.807) is 0 Å². The monoisotopic (exact) mass is 476 g/mol. The van der Waals surface area contributed by atoms with Crippen molar-refractivity contribution in [3.63, 3.8) is 0 Å². The summed E-state index contributed by atoms with van der Waals surface area (Å²) in [5.74, 6) is 0.263. The van der Waals surface area contributed by atoms with Gasteiger partial charge >= 0.3 is 10.3 Å². The summed E-state index contributed by atoms with van der Waals surface area (Å²) < 4.78 is 35.1. The van der Waals surface area contributed by atoms with Crippen LogP contribution in [0, 0.1) is 17.8 Å². The molecule has 1 aromatic rings. The van der Waals surface area contributed by atoms with Crippen LogP contribution in [0.4, 0.5) is 5.69 Å². The van der Waals surface area contributed by atoms with E-state index in [9.17, 15) is 22.9 Å². The molecular weight excluding hydrogens is 451 g/mol.